The number of rotatable bonds is 4. The van der Waals surface area contributed by atoms with Gasteiger partial charge in [-0.3, -0.25) is 20.6 Å². The first-order chi connectivity index (χ1) is 12.7. The molecule has 0 atom stereocenters. The van der Waals surface area contributed by atoms with Crippen LogP contribution in [-0.4, -0.2) is 35.9 Å². The van der Waals surface area contributed by atoms with Crippen LogP contribution in [0.25, 0.3) is 16.9 Å². The summed E-state index contributed by atoms with van der Waals surface area (Å²) in [6.45, 7) is 0. The number of anilines is 2. The molecule has 0 saturated heterocycles. The first kappa shape index (κ1) is 15.4. The average molecular weight is 347 g/mol. The van der Waals surface area contributed by atoms with Crippen molar-refractivity contribution in [2.24, 2.45) is 0 Å². The third-order valence-corrected chi connectivity index (χ3v) is 3.61. The molecule has 4 N–H and O–H groups in total. The number of amides is 1. The van der Waals surface area contributed by atoms with Gasteiger partial charge in [-0.05, 0) is 24.3 Å². The monoisotopic (exact) mass is 347 g/mol. The number of nitrogens with zero attached hydrogens (tertiary/aromatic N) is 6. The van der Waals surface area contributed by atoms with Crippen LogP contribution in [0.3, 0.4) is 0 Å². The van der Waals surface area contributed by atoms with Crippen LogP contribution in [-0.2, 0) is 0 Å². The average Bonchev–Trinajstić information content (AvgIpc) is 3.11. The summed E-state index contributed by atoms with van der Waals surface area (Å²) >= 11 is 0. The zero-order chi connectivity index (χ0) is 17.9. The lowest BCUT2D eigenvalue weighted by molar-refractivity contribution is 0.0957. The number of nitrogen functional groups attached to an aromatic ring is 1. The molecule has 3 heterocycles. The van der Waals surface area contributed by atoms with Crippen molar-refractivity contribution in [2.45, 2.75) is 0 Å². The van der Waals surface area contributed by atoms with Gasteiger partial charge in [0.05, 0.1) is 5.52 Å². The van der Waals surface area contributed by atoms with Crippen molar-refractivity contribution in [3.63, 3.8) is 0 Å². The van der Waals surface area contributed by atoms with Crippen molar-refractivity contribution >= 4 is 28.4 Å². The van der Waals surface area contributed by atoms with Crippen LogP contribution in [0.4, 0.5) is 11.5 Å². The second kappa shape index (κ2) is 6.43. The Morgan fingerprint density at radius 3 is 2.73 bits per heavy atom. The molecule has 3 aromatic heterocycles. The zero-order valence-corrected chi connectivity index (χ0v) is 13.4. The SMILES string of the molecule is Nc1c(NNC(=O)c2ccccn2)ncnc1-n1nnc2ccccc21. The number of hydrogen-bond donors (Lipinski definition) is 3. The van der Waals surface area contributed by atoms with E-state index in [1.807, 2.05) is 24.3 Å². The Morgan fingerprint density at radius 1 is 1.04 bits per heavy atom. The molecule has 10 nitrogen and oxygen atoms in total. The van der Waals surface area contributed by atoms with Gasteiger partial charge in [-0.1, -0.05) is 23.4 Å². The first-order valence-electron chi connectivity index (χ1n) is 7.63. The largest absolute Gasteiger partial charge is 0.393 e. The number of hydrazine groups is 1. The number of carbonyl (C=O) groups excluding carboxylic acids is 1. The Kier molecular flexibility index (Phi) is 3.82. The van der Waals surface area contributed by atoms with Gasteiger partial charge in [0, 0.05) is 6.20 Å². The quantitative estimate of drug-likeness (QED) is 0.464. The Bertz CT molecular complexity index is 1080. The molecule has 0 spiro atoms. The summed E-state index contributed by atoms with van der Waals surface area (Å²) in [4.78, 5) is 24.3. The molecule has 26 heavy (non-hydrogen) atoms. The second-order valence-corrected chi connectivity index (χ2v) is 5.24. The number of aromatic nitrogens is 6. The van der Waals surface area contributed by atoms with Gasteiger partial charge in [-0.25, -0.2) is 9.97 Å². The van der Waals surface area contributed by atoms with Crippen molar-refractivity contribution in [1.29, 1.82) is 0 Å². The van der Waals surface area contributed by atoms with Crippen molar-refractivity contribution in [3.05, 3.63) is 60.7 Å². The number of benzene rings is 1. The molecule has 0 aliphatic heterocycles. The van der Waals surface area contributed by atoms with E-state index in [1.165, 1.54) is 17.2 Å². The molecule has 4 aromatic rings. The van der Waals surface area contributed by atoms with Crippen molar-refractivity contribution in [1.82, 2.24) is 35.4 Å². The highest BCUT2D eigenvalue weighted by molar-refractivity contribution is 5.93. The van der Waals surface area contributed by atoms with Crippen LogP contribution >= 0.6 is 0 Å². The number of hydrogen-bond acceptors (Lipinski definition) is 8. The molecular formula is C16H13N9O. The van der Waals surface area contributed by atoms with E-state index in [0.717, 1.165) is 5.52 Å². The third-order valence-electron chi connectivity index (χ3n) is 3.61. The van der Waals surface area contributed by atoms with Gasteiger partial charge in [0.25, 0.3) is 5.91 Å². The molecule has 0 bridgehead atoms. The van der Waals surface area contributed by atoms with Gasteiger partial charge in [0.1, 0.15) is 23.2 Å². The predicted octanol–water partition coefficient (Wildman–Crippen LogP) is 0.945. The zero-order valence-electron chi connectivity index (χ0n) is 13.4. The van der Waals surface area contributed by atoms with Crippen molar-refractivity contribution < 1.29 is 4.79 Å². The molecule has 1 aromatic carbocycles. The molecule has 4 rings (SSSR count). The summed E-state index contributed by atoms with van der Waals surface area (Å²) in [5.41, 5.74) is 13.3. The lowest BCUT2D eigenvalue weighted by atomic mass is 10.3. The van der Waals surface area contributed by atoms with Crippen LogP contribution in [0.2, 0.25) is 0 Å². The van der Waals surface area contributed by atoms with Crippen LogP contribution in [0.5, 0.6) is 0 Å². The maximum atomic E-state index is 12.1. The lowest BCUT2D eigenvalue weighted by Crippen LogP contribution is -2.31. The van der Waals surface area contributed by atoms with E-state index < -0.39 is 5.91 Å². The van der Waals surface area contributed by atoms with Crippen LogP contribution in [0, 0.1) is 0 Å². The summed E-state index contributed by atoms with van der Waals surface area (Å²) in [6, 6.07) is 12.5. The maximum absolute atomic E-state index is 12.1. The molecule has 0 unspecified atom stereocenters. The van der Waals surface area contributed by atoms with E-state index in [4.69, 9.17) is 5.73 Å². The highest BCUT2D eigenvalue weighted by atomic mass is 16.2. The number of nitrogens with two attached hydrogens (primary N) is 1. The van der Waals surface area contributed by atoms with Crippen LogP contribution in [0.15, 0.2) is 55.0 Å². The minimum atomic E-state index is -0.420. The van der Waals surface area contributed by atoms with E-state index in [-0.39, 0.29) is 17.2 Å². The molecule has 0 fully saturated rings. The standard InChI is InChI=1S/C16H13N9O/c17-13-14(22-23-16(26)11-6-3-4-8-18-11)19-9-20-15(13)25-12-7-2-1-5-10(12)21-24-25/h1-9H,17H2,(H,23,26)(H,19,20,22). The second-order valence-electron chi connectivity index (χ2n) is 5.24. The number of carbonyl (C=O) groups is 1. The number of nitrogens with one attached hydrogen (secondary N) is 2. The minimum Gasteiger partial charge on any atom is -0.393 e. The van der Waals surface area contributed by atoms with E-state index in [0.29, 0.717) is 11.3 Å². The predicted molar refractivity (Wildman–Crippen MR) is 94.2 cm³/mol. The van der Waals surface area contributed by atoms with E-state index >= 15 is 0 Å². The maximum Gasteiger partial charge on any atom is 0.288 e. The Morgan fingerprint density at radius 2 is 1.88 bits per heavy atom. The fourth-order valence-corrected chi connectivity index (χ4v) is 2.36. The lowest BCUT2D eigenvalue weighted by Gasteiger charge is -2.11. The molecule has 0 saturated carbocycles. The van der Waals surface area contributed by atoms with Crippen molar-refractivity contribution in [3.8, 4) is 5.82 Å². The summed E-state index contributed by atoms with van der Waals surface area (Å²) in [6.07, 6.45) is 2.85. The minimum absolute atomic E-state index is 0.212. The topological polar surface area (TPSA) is 137 Å². The molecule has 0 aliphatic carbocycles. The Balaban J connectivity index is 1.61. The highest BCUT2D eigenvalue weighted by Crippen LogP contribution is 2.23. The van der Waals surface area contributed by atoms with Crippen LogP contribution < -0.4 is 16.6 Å². The number of para-hydroxylation sites is 1. The molecular weight excluding hydrogens is 334 g/mol. The van der Waals surface area contributed by atoms with Crippen LogP contribution in [0.1, 0.15) is 10.5 Å². The van der Waals surface area contributed by atoms with E-state index in [9.17, 15) is 4.79 Å². The van der Waals surface area contributed by atoms with Gasteiger partial charge < -0.3 is 5.73 Å². The highest BCUT2D eigenvalue weighted by Gasteiger charge is 2.15. The molecule has 0 radical (unpaired) electrons. The molecule has 0 aliphatic rings. The Labute approximate surface area is 147 Å². The van der Waals surface area contributed by atoms with Crippen molar-refractivity contribution in [2.75, 3.05) is 11.2 Å². The third kappa shape index (κ3) is 2.75. The molecule has 10 heteroatoms. The van der Waals surface area contributed by atoms with Gasteiger partial charge in [-0.15, -0.1) is 5.10 Å². The van der Waals surface area contributed by atoms with Gasteiger partial charge in [-0.2, -0.15) is 4.68 Å². The number of pyridine rings is 1. The summed E-state index contributed by atoms with van der Waals surface area (Å²) in [7, 11) is 0. The fraction of sp³-hybridized carbons (Fsp3) is 0. The molecule has 128 valence electrons. The smallest absolute Gasteiger partial charge is 0.288 e. The van der Waals surface area contributed by atoms with Gasteiger partial charge in [0.2, 0.25) is 0 Å². The van der Waals surface area contributed by atoms with Gasteiger partial charge >= 0.3 is 0 Å². The number of fused-ring (bicyclic) bond motifs is 1. The normalized spacial score (nSPS) is 10.6. The Hall–Kier alpha value is -4.08. The first-order valence-corrected chi connectivity index (χ1v) is 7.63. The summed E-state index contributed by atoms with van der Waals surface area (Å²) < 4.78 is 1.51. The van der Waals surface area contributed by atoms with Gasteiger partial charge in [0.15, 0.2) is 11.6 Å². The van der Waals surface area contributed by atoms with E-state index in [2.05, 4.69) is 36.1 Å². The fourth-order valence-electron chi connectivity index (χ4n) is 2.36. The van der Waals surface area contributed by atoms with E-state index in [1.54, 1.807) is 18.2 Å². The molecule has 1 amide bonds. The summed E-state index contributed by atoms with van der Waals surface area (Å²) in [5, 5.41) is 8.16. The summed E-state index contributed by atoms with van der Waals surface area (Å²) in [5.74, 6) is 0.165.